The molecule has 3 fully saturated rings. The summed E-state index contributed by atoms with van der Waals surface area (Å²) < 4.78 is 39.8. The van der Waals surface area contributed by atoms with Crippen molar-refractivity contribution in [1.29, 1.82) is 0 Å². The molecule has 13 nitrogen and oxygen atoms in total. The third-order valence-electron chi connectivity index (χ3n) is 11.7. The number of nitrogens with zero attached hydrogens (tertiary/aromatic N) is 8. The van der Waals surface area contributed by atoms with Gasteiger partial charge in [-0.15, -0.1) is 0 Å². The van der Waals surface area contributed by atoms with Gasteiger partial charge in [-0.1, -0.05) is 15.9 Å². The fourth-order valence-electron chi connectivity index (χ4n) is 8.93. The number of ether oxygens (including phenoxy) is 1. The van der Waals surface area contributed by atoms with Gasteiger partial charge >= 0.3 is 0 Å². The van der Waals surface area contributed by atoms with Gasteiger partial charge in [0.25, 0.3) is 5.91 Å². The van der Waals surface area contributed by atoms with Crippen LogP contribution in [0.1, 0.15) is 35.4 Å². The summed E-state index contributed by atoms with van der Waals surface area (Å²) >= 11 is 3.47. The molecule has 15 heteroatoms. The number of amides is 1. The zero-order valence-corrected chi connectivity index (χ0v) is 32.6. The Kier molecular flexibility index (Phi) is 8.32. The van der Waals surface area contributed by atoms with Crippen molar-refractivity contribution in [2.24, 2.45) is 18.7 Å². The van der Waals surface area contributed by atoms with Gasteiger partial charge in [0.1, 0.15) is 33.3 Å². The number of carbonyl (C=O) groups is 1. The third kappa shape index (κ3) is 5.41. The molecule has 3 unspecified atom stereocenters. The number of hydrogen-bond donors (Lipinski definition) is 1. The Morgan fingerprint density at radius 3 is 2.57 bits per heavy atom. The van der Waals surface area contributed by atoms with Crippen LogP contribution in [0.15, 0.2) is 82.4 Å². The summed E-state index contributed by atoms with van der Waals surface area (Å²) in [6.45, 7) is 3.13. The molecular formula is C39H40BrN9O4S. The van der Waals surface area contributed by atoms with Crippen LogP contribution in [0.4, 0.5) is 5.82 Å². The molecule has 4 atom stereocenters. The van der Waals surface area contributed by atoms with E-state index in [1.165, 1.54) is 0 Å². The van der Waals surface area contributed by atoms with Crippen LogP contribution in [-0.4, -0.2) is 91.9 Å². The van der Waals surface area contributed by atoms with Gasteiger partial charge in [-0.25, -0.2) is 28.4 Å². The van der Waals surface area contributed by atoms with Gasteiger partial charge in [-0.3, -0.25) is 4.79 Å². The minimum Gasteiger partial charge on any atom is -0.494 e. The lowest BCUT2D eigenvalue weighted by molar-refractivity contribution is 0.0700. The van der Waals surface area contributed by atoms with Crippen LogP contribution in [0.2, 0.25) is 0 Å². The molecule has 9 rings (SSSR count). The summed E-state index contributed by atoms with van der Waals surface area (Å²) in [5.41, 5.74) is 9.58. The van der Waals surface area contributed by atoms with Gasteiger partial charge in [0, 0.05) is 73.1 Å². The molecule has 4 aromatic heterocycles. The molecule has 0 radical (unpaired) electrons. The number of anilines is 1. The highest BCUT2D eigenvalue weighted by Crippen LogP contribution is 2.43. The number of hydrogen-bond acceptors (Lipinski definition) is 10. The molecule has 3 aliphatic rings. The quantitative estimate of drug-likeness (QED) is 0.219. The van der Waals surface area contributed by atoms with Crippen molar-refractivity contribution in [3.8, 4) is 17.3 Å². The number of sulfone groups is 1. The van der Waals surface area contributed by atoms with E-state index in [4.69, 9.17) is 15.5 Å². The van der Waals surface area contributed by atoms with Crippen LogP contribution in [0.5, 0.6) is 5.75 Å². The van der Waals surface area contributed by atoms with Crippen LogP contribution >= 0.6 is 15.9 Å². The van der Waals surface area contributed by atoms with Crippen LogP contribution in [0, 0.1) is 12.8 Å². The Labute approximate surface area is 321 Å². The van der Waals surface area contributed by atoms with E-state index in [2.05, 4.69) is 30.9 Å². The van der Waals surface area contributed by atoms with Crippen LogP contribution in [0.25, 0.3) is 33.6 Å². The van der Waals surface area contributed by atoms with E-state index in [9.17, 15) is 4.79 Å². The lowest BCUT2D eigenvalue weighted by Crippen LogP contribution is -2.45. The first-order valence-electron chi connectivity index (χ1n) is 18.1. The number of aryl methyl sites for hydroxylation is 2. The summed E-state index contributed by atoms with van der Waals surface area (Å²) in [6.07, 6.45) is 5.69. The lowest BCUT2D eigenvalue weighted by atomic mass is 10.1. The van der Waals surface area contributed by atoms with Crippen LogP contribution in [0.3, 0.4) is 0 Å². The zero-order valence-electron chi connectivity index (χ0n) is 30.2. The molecule has 6 aromatic rings. The van der Waals surface area contributed by atoms with Gasteiger partial charge in [0.15, 0.2) is 15.7 Å². The second kappa shape index (κ2) is 12.9. The molecule has 6 heterocycles. The van der Waals surface area contributed by atoms with Crippen molar-refractivity contribution in [2.45, 2.75) is 54.5 Å². The molecule has 2 aliphatic heterocycles. The average Bonchev–Trinajstić information content (AvgIpc) is 4.00. The second-order valence-electron chi connectivity index (χ2n) is 14.8. The number of carbonyl (C=O) groups excluding carboxylic acids is 1. The van der Waals surface area contributed by atoms with Gasteiger partial charge in [-0.05, 0) is 92.8 Å². The number of piperidine rings is 1. The molecule has 1 aliphatic carbocycles. The molecular weight excluding hydrogens is 770 g/mol. The predicted molar refractivity (Wildman–Crippen MR) is 209 cm³/mol. The Morgan fingerprint density at radius 1 is 1.06 bits per heavy atom. The average molecular weight is 811 g/mol. The zero-order chi connectivity index (χ0) is 37.5. The highest BCUT2D eigenvalue weighted by atomic mass is 79.9. The van der Waals surface area contributed by atoms with E-state index >= 15 is 8.42 Å². The van der Waals surface area contributed by atoms with E-state index in [1.54, 1.807) is 55.9 Å². The molecule has 1 amide bonds. The van der Waals surface area contributed by atoms with Gasteiger partial charge < -0.3 is 29.4 Å². The normalized spacial score (nSPS) is 22.6. The highest BCUT2D eigenvalue weighted by molar-refractivity contribution is 9.10. The molecule has 1 saturated carbocycles. The number of fused-ring (bicyclic) bond motifs is 4. The molecule has 0 spiro atoms. The summed E-state index contributed by atoms with van der Waals surface area (Å²) in [6, 6.07) is 18.1. The largest absolute Gasteiger partial charge is 0.494 e. The lowest BCUT2D eigenvalue weighted by Gasteiger charge is -2.31. The van der Waals surface area contributed by atoms with Crippen molar-refractivity contribution in [2.75, 3.05) is 31.6 Å². The number of pyridine rings is 1. The fourth-order valence-corrected chi connectivity index (χ4v) is 11.2. The topological polar surface area (TPSA) is 154 Å². The summed E-state index contributed by atoms with van der Waals surface area (Å²) in [4.78, 5) is 37.0. The smallest absolute Gasteiger partial charge is 0.254 e. The number of methoxy groups -OCH3 is 1. The summed E-state index contributed by atoms with van der Waals surface area (Å²) in [5, 5.41) is 0.917. The van der Waals surface area contributed by atoms with Crippen molar-refractivity contribution < 1.29 is 17.9 Å². The van der Waals surface area contributed by atoms with Crippen molar-refractivity contribution >= 4 is 59.6 Å². The molecule has 2 aromatic carbocycles. The monoisotopic (exact) mass is 809 g/mol. The Hall–Kier alpha value is -4.86. The number of likely N-dealkylation sites (tertiary alicyclic amines) is 1. The SMILES string of the molecule is COc1cc(C(=O)N2CC3CCC2C3N)cc2nc(-c3cc4cccnc4n3C)n(C[C@@]3(S(=O)(=O)c4ccc(Br)cc4)CCN(c4ccnc(C)n4)C3)c12. The van der Waals surface area contributed by atoms with E-state index in [0.29, 0.717) is 65.2 Å². The number of nitrogens with two attached hydrogens (primary N) is 1. The highest BCUT2D eigenvalue weighted by Gasteiger charge is 2.51. The van der Waals surface area contributed by atoms with Gasteiger partial charge in [0.05, 0.1) is 23.2 Å². The minimum absolute atomic E-state index is 0.00766. The van der Waals surface area contributed by atoms with E-state index in [1.807, 2.05) is 57.2 Å². The third-order valence-corrected chi connectivity index (χ3v) is 14.8. The molecule has 2 N–H and O–H groups in total. The maximum absolute atomic E-state index is 15.1. The Bertz CT molecular complexity index is 2570. The first-order chi connectivity index (χ1) is 26.0. The Balaban J connectivity index is 1.24. The number of rotatable bonds is 8. The number of halogens is 1. The number of benzene rings is 2. The van der Waals surface area contributed by atoms with E-state index in [-0.39, 0.29) is 36.0 Å². The van der Waals surface area contributed by atoms with Crippen molar-refractivity contribution in [1.82, 2.24) is 34.0 Å². The molecule has 2 saturated heterocycles. The predicted octanol–water partition coefficient (Wildman–Crippen LogP) is 5.14. The summed E-state index contributed by atoms with van der Waals surface area (Å²) in [5.74, 6) is 2.43. The molecule has 2 bridgehead atoms. The molecule has 54 heavy (non-hydrogen) atoms. The van der Waals surface area contributed by atoms with Gasteiger partial charge in [0.2, 0.25) is 0 Å². The minimum atomic E-state index is -4.00. The molecule has 278 valence electrons. The van der Waals surface area contributed by atoms with Gasteiger partial charge in [-0.2, -0.15) is 0 Å². The maximum atomic E-state index is 15.1. The van der Waals surface area contributed by atoms with Crippen molar-refractivity contribution in [3.63, 3.8) is 0 Å². The van der Waals surface area contributed by atoms with E-state index in [0.717, 1.165) is 34.0 Å². The van der Waals surface area contributed by atoms with Crippen LogP contribution < -0.4 is 15.4 Å². The first-order valence-corrected chi connectivity index (χ1v) is 20.4. The second-order valence-corrected chi connectivity index (χ2v) is 18.0. The Morgan fingerprint density at radius 2 is 1.87 bits per heavy atom. The number of imidazole rings is 1. The van der Waals surface area contributed by atoms with Crippen LogP contribution in [-0.2, 0) is 23.4 Å². The standard InChI is InChI=1S/C39H40BrN9O4S/c1-23-42-15-12-33(44-23)47-16-13-39(21-47,54(51,52)28-9-7-27(40)8-10-28)22-49-35-29(45-37(49)31-18-24-5-4-14-43-36(24)46(31)2)17-26(19-32(35)53-3)38(50)48-20-25-6-11-30(48)34(25)41/h4-5,7-10,12,14-15,17-19,25,30,34H,6,11,13,16,20-22,41H2,1-3H3/t25?,30?,34?,39-/m1/s1. The first kappa shape index (κ1) is 34.9. The fraction of sp³-hybridized carbons (Fsp3) is 0.359. The maximum Gasteiger partial charge on any atom is 0.254 e. The van der Waals surface area contributed by atoms with E-state index < -0.39 is 14.6 Å². The van der Waals surface area contributed by atoms with Crippen molar-refractivity contribution in [3.05, 3.63) is 88.9 Å². The summed E-state index contributed by atoms with van der Waals surface area (Å²) in [7, 11) is -0.503. The number of aromatic nitrogens is 6.